The second kappa shape index (κ2) is 5.98. The van der Waals surface area contributed by atoms with E-state index in [1.807, 2.05) is 12.3 Å². The number of likely N-dealkylation sites (N-methyl/N-ethyl adjacent to an activating group) is 1. The van der Waals surface area contributed by atoms with E-state index in [0.717, 1.165) is 31.4 Å². The van der Waals surface area contributed by atoms with Gasteiger partial charge in [-0.2, -0.15) is 0 Å². The van der Waals surface area contributed by atoms with Crippen LogP contribution in [-0.4, -0.2) is 43.2 Å². The molecule has 1 saturated carbocycles. The van der Waals surface area contributed by atoms with Crippen molar-refractivity contribution in [2.24, 2.45) is 0 Å². The van der Waals surface area contributed by atoms with Gasteiger partial charge in [-0.25, -0.2) is 0 Å². The van der Waals surface area contributed by atoms with Crippen molar-refractivity contribution in [2.45, 2.75) is 25.4 Å². The van der Waals surface area contributed by atoms with E-state index in [1.165, 1.54) is 18.4 Å². The van der Waals surface area contributed by atoms with Crippen molar-refractivity contribution in [1.82, 2.24) is 15.2 Å². The molecule has 0 aliphatic heterocycles. The molecule has 0 radical (unpaired) electrons. The summed E-state index contributed by atoms with van der Waals surface area (Å²) in [7, 11) is 3.82. The monoisotopic (exact) mass is 235 g/mol. The van der Waals surface area contributed by atoms with Crippen molar-refractivity contribution in [1.29, 1.82) is 0 Å². The summed E-state index contributed by atoms with van der Waals surface area (Å²) in [5.41, 5.74) is 1.19. The standard InChI is InChI=1S/C13H21N3O/c1-16(8-7-15-12-3-4-12)10-11-5-6-14-9-13(11)17-2/h5-6,9,12,15H,3-4,7-8,10H2,1-2H3. The van der Waals surface area contributed by atoms with E-state index >= 15 is 0 Å². The van der Waals surface area contributed by atoms with Crippen LogP contribution >= 0.6 is 0 Å². The molecule has 1 aromatic rings. The summed E-state index contributed by atoms with van der Waals surface area (Å²) in [5.74, 6) is 0.870. The molecular formula is C13H21N3O. The fourth-order valence-corrected chi connectivity index (χ4v) is 1.84. The number of methoxy groups -OCH3 is 1. The maximum Gasteiger partial charge on any atom is 0.141 e. The van der Waals surface area contributed by atoms with Crippen LogP contribution in [0.5, 0.6) is 5.75 Å². The van der Waals surface area contributed by atoms with Crippen LogP contribution < -0.4 is 10.1 Å². The van der Waals surface area contributed by atoms with Gasteiger partial charge >= 0.3 is 0 Å². The highest BCUT2D eigenvalue weighted by molar-refractivity contribution is 5.29. The molecule has 1 fully saturated rings. The first-order valence-electron chi connectivity index (χ1n) is 6.18. The van der Waals surface area contributed by atoms with Crippen molar-refractivity contribution < 1.29 is 4.74 Å². The first-order chi connectivity index (χ1) is 8.29. The average molecular weight is 235 g/mol. The Hall–Kier alpha value is -1.13. The largest absolute Gasteiger partial charge is 0.495 e. The summed E-state index contributed by atoms with van der Waals surface area (Å²) in [6.45, 7) is 3.02. The van der Waals surface area contributed by atoms with Gasteiger partial charge in [-0.1, -0.05) is 0 Å². The first-order valence-corrected chi connectivity index (χ1v) is 6.18. The van der Waals surface area contributed by atoms with Gasteiger partial charge in [0.15, 0.2) is 0 Å². The van der Waals surface area contributed by atoms with Crippen LogP contribution in [-0.2, 0) is 6.54 Å². The Bertz CT molecular complexity index is 352. The van der Waals surface area contributed by atoms with Gasteiger partial charge in [-0.3, -0.25) is 4.98 Å². The fraction of sp³-hybridized carbons (Fsp3) is 0.615. The van der Waals surface area contributed by atoms with Gasteiger partial charge in [-0.15, -0.1) is 0 Å². The van der Waals surface area contributed by atoms with Crippen molar-refractivity contribution in [3.8, 4) is 5.75 Å². The zero-order valence-corrected chi connectivity index (χ0v) is 10.6. The molecule has 0 saturated heterocycles. The third kappa shape index (κ3) is 3.98. The lowest BCUT2D eigenvalue weighted by Crippen LogP contribution is -2.30. The van der Waals surface area contributed by atoms with Crippen LogP contribution in [0.1, 0.15) is 18.4 Å². The molecule has 94 valence electrons. The highest BCUT2D eigenvalue weighted by Gasteiger charge is 2.19. The molecule has 0 spiro atoms. The zero-order chi connectivity index (χ0) is 12.1. The van der Waals surface area contributed by atoms with Crippen LogP contribution in [0.25, 0.3) is 0 Å². The Kier molecular flexibility index (Phi) is 4.34. The Balaban J connectivity index is 1.77. The number of hydrogen-bond acceptors (Lipinski definition) is 4. The van der Waals surface area contributed by atoms with Crippen LogP contribution in [0, 0.1) is 0 Å². The molecule has 0 bridgehead atoms. The smallest absolute Gasteiger partial charge is 0.141 e. The van der Waals surface area contributed by atoms with E-state index in [0.29, 0.717) is 0 Å². The highest BCUT2D eigenvalue weighted by atomic mass is 16.5. The fourth-order valence-electron chi connectivity index (χ4n) is 1.84. The molecule has 1 aromatic heterocycles. The lowest BCUT2D eigenvalue weighted by atomic mass is 10.2. The summed E-state index contributed by atoms with van der Waals surface area (Å²) in [6, 6.07) is 2.81. The summed E-state index contributed by atoms with van der Waals surface area (Å²) in [4.78, 5) is 6.36. The summed E-state index contributed by atoms with van der Waals surface area (Å²) in [6.07, 6.45) is 6.28. The van der Waals surface area contributed by atoms with E-state index in [4.69, 9.17) is 4.74 Å². The lowest BCUT2D eigenvalue weighted by Gasteiger charge is -2.18. The van der Waals surface area contributed by atoms with Crippen LogP contribution in [0.15, 0.2) is 18.5 Å². The summed E-state index contributed by atoms with van der Waals surface area (Å²) in [5, 5.41) is 3.52. The quantitative estimate of drug-likeness (QED) is 0.772. The molecule has 1 aliphatic rings. The molecule has 0 aromatic carbocycles. The maximum atomic E-state index is 5.29. The predicted molar refractivity (Wildman–Crippen MR) is 68.1 cm³/mol. The molecule has 0 atom stereocenters. The third-order valence-corrected chi connectivity index (χ3v) is 3.03. The minimum absolute atomic E-state index is 0.791. The average Bonchev–Trinajstić information content (AvgIpc) is 3.14. The first kappa shape index (κ1) is 12.3. The molecule has 4 heteroatoms. The van der Waals surface area contributed by atoms with Gasteiger partial charge in [0.1, 0.15) is 5.75 Å². The second-order valence-electron chi connectivity index (χ2n) is 4.65. The molecule has 0 amide bonds. The number of nitrogens with zero attached hydrogens (tertiary/aromatic N) is 2. The number of nitrogens with one attached hydrogen (secondary N) is 1. The molecule has 0 unspecified atom stereocenters. The molecular weight excluding hydrogens is 214 g/mol. The number of pyridine rings is 1. The van der Waals surface area contributed by atoms with Crippen molar-refractivity contribution in [2.75, 3.05) is 27.2 Å². The predicted octanol–water partition coefficient (Wildman–Crippen LogP) is 1.27. The number of hydrogen-bond donors (Lipinski definition) is 1. The Labute approximate surface area is 103 Å². The molecule has 2 rings (SSSR count). The third-order valence-electron chi connectivity index (χ3n) is 3.03. The van der Waals surface area contributed by atoms with Crippen LogP contribution in [0.4, 0.5) is 0 Å². The Morgan fingerprint density at radius 3 is 3.06 bits per heavy atom. The van der Waals surface area contributed by atoms with E-state index in [-0.39, 0.29) is 0 Å². The molecule has 17 heavy (non-hydrogen) atoms. The minimum Gasteiger partial charge on any atom is -0.495 e. The normalized spacial score (nSPS) is 15.2. The van der Waals surface area contributed by atoms with Crippen molar-refractivity contribution in [3.05, 3.63) is 24.0 Å². The second-order valence-corrected chi connectivity index (χ2v) is 4.65. The lowest BCUT2D eigenvalue weighted by molar-refractivity contribution is 0.314. The van der Waals surface area contributed by atoms with Crippen LogP contribution in [0.2, 0.25) is 0 Å². The maximum absolute atomic E-state index is 5.29. The number of aromatic nitrogens is 1. The van der Waals surface area contributed by atoms with Crippen molar-refractivity contribution >= 4 is 0 Å². The molecule has 1 N–H and O–H groups in total. The van der Waals surface area contributed by atoms with Gasteiger partial charge in [0, 0.05) is 37.4 Å². The minimum atomic E-state index is 0.791. The summed E-state index contributed by atoms with van der Waals surface area (Å²) < 4.78 is 5.29. The Morgan fingerprint density at radius 2 is 2.35 bits per heavy atom. The molecule has 1 aliphatic carbocycles. The van der Waals surface area contributed by atoms with Gasteiger partial charge < -0.3 is 15.0 Å². The zero-order valence-electron chi connectivity index (χ0n) is 10.6. The topological polar surface area (TPSA) is 37.4 Å². The van der Waals surface area contributed by atoms with E-state index in [1.54, 1.807) is 13.3 Å². The van der Waals surface area contributed by atoms with Crippen molar-refractivity contribution in [3.63, 3.8) is 0 Å². The SMILES string of the molecule is COc1cnccc1CN(C)CCNC1CC1. The van der Waals surface area contributed by atoms with Gasteiger partial charge in [-0.05, 0) is 26.0 Å². The van der Waals surface area contributed by atoms with Crippen LogP contribution in [0.3, 0.4) is 0 Å². The molecule has 1 heterocycles. The number of rotatable bonds is 7. The van der Waals surface area contributed by atoms with Gasteiger partial charge in [0.2, 0.25) is 0 Å². The summed E-state index contributed by atoms with van der Waals surface area (Å²) >= 11 is 0. The van der Waals surface area contributed by atoms with E-state index in [2.05, 4.69) is 22.2 Å². The Morgan fingerprint density at radius 1 is 1.53 bits per heavy atom. The van der Waals surface area contributed by atoms with E-state index < -0.39 is 0 Å². The molecule has 4 nitrogen and oxygen atoms in total. The van der Waals surface area contributed by atoms with Gasteiger partial charge in [0.05, 0.1) is 13.3 Å². The van der Waals surface area contributed by atoms with Gasteiger partial charge in [0.25, 0.3) is 0 Å². The highest BCUT2D eigenvalue weighted by Crippen LogP contribution is 2.19. The van der Waals surface area contributed by atoms with E-state index in [9.17, 15) is 0 Å². The number of ether oxygens (including phenoxy) is 1.